The van der Waals surface area contributed by atoms with Crippen LogP contribution in [-0.2, 0) is 9.53 Å². The summed E-state index contributed by atoms with van der Waals surface area (Å²) in [6.07, 6.45) is 3.49. The van der Waals surface area contributed by atoms with Gasteiger partial charge >= 0.3 is 0 Å². The van der Waals surface area contributed by atoms with Gasteiger partial charge in [0.25, 0.3) is 0 Å². The molecule has 1 unspecified atom stereocenters. The van der Waals surface area contributed by atoms with Crippen molar-refractivity contribution in [2.45, 2.75) is 12.8 Å². The van der Waals surface area contributed by atoms with Crippen LogP contribution in [0.15, 0.2) is 12.3 Å². The van der Waals surface area contributed by atoms with E-state index < -0.39 is 0 Å². The summed E-state index contributed by atoms with van der Waals surface area (Å²) in [5.74, 6) is 1.92. The van der Waals surface area contributed by atoms with Crippen molar-refractivity contribution in [3.8, 4) is 0 Å². The molecule has 7 heteroatoms. The number of ether oxygens (including phenoxy) is 1. The van der Waals surface area contributed by atoms with Gasteiger partial charge in [0.1, 0.15) is 5.82 Å². The Balaban J connectivity index is 1.50. The SMILES string of the molecule is O=C1CC2(CCN(c3nccc(N4CCOCC4)n3)C2)CN1. The van der Waals surface area contributed by atoms with Crippen LogP contribution in [-0.4, -0.2) is 61.8 Å². The molecule has 0 aromatic carbocycles. The van der Waals surface area contributed by atoms with Gasteiger partial charge in [0.2, 0.25) is 11.9 Å². The van der Waals surface area contributed by atoms with Gasteiger partial charge in [0.05, 0.1) is 13.2 Å². The van der Waals surface area contributed by atoms with Gasteiger partial charge in [0.15, 0.2) is 0 Å². The number of hydrogen-bond donors (Lipinski definition) is 1. The molecule has 3 aliphatic heterocycles. The van der Waals surface area contributed by atoms with Gasteiger partial charge in [-0.1, -0.05) is 0 Å². The monoisotopic (exact) mass is 303 g/mol. The number of morpholine rings is 1. The van der Waals surface area contributed by atoms with Gasteiger partial charge in [-0.25, -0.2) is 4.98 Å². The molecular weight excluding hydrogens is 282 g/mol. The molecule has 0 saturated carbocycles. The minimum absolute atomic E-state index is 0.0788. The van der Waals surface area contributed by atoms with Crippen LogP contribution in [0, 0.1) is 5.41 Å². The number of rotatable bonds is 2. The first-order valence-corrected chi connectivity index (χ1v) is 7.92. The minimum Gasteiger partial charge on any atom is -0.378 e. The van der Waals surface area contributed by atoms with E-state index in [2.05, 4.69) is 20.1 Å². The molecule has 1 aromatic rings. The summed E-state index contributed by atoms with van der Waals surface area (Å²) in [4.78, 5) is 25.2. The first kappa shape index (κ1) is 13.8. The Hall–Kier alpha value is -1.89. The summed E-state index contributed by atoms with van der Waals surface area (Å²) < 4.78 is 5.39. The third kappa shape index (κ3) is 2.49. The molecule has 1 N–H and O–H groups in total. The van der Waals surface area contributed by atoms with Crippen molar-refractivity contribution in [1.29, 1.82) is 0 Å². The van der Waals surface area contributed by atoms with E-state index in [0.29, 0.717) is 6.42 Å². The maximum absolute atomic E-state index is 11.5. The van der Waals surface area contributed by atoms with E-state index in [1.807, 2.05) is 12.3 Å². The van der Waals surface area contributed by atoms with Crippen LogP contribution >= 0.6 is 0 Å². The highest BCUT2D eigenvalue weighted by Crippen LogP contribution is 2.37. The van der Waals surface area contributed by atoms with Crippen molar-refractivity contribution < 1.29 is 9.53 Å². The molecule has 1 amide bonds. The van der Waals surface area contributed by atoms with E-state index in [1.165, 1.54) is 0 Å². The highest BCUT2D eigenvalue weighted by atomic mass is 16.5. The molecule has 0 aliphatic carbocycles. The second-order valence-electron chi connectivity index (χ2n) is 6.44. The third-order valence-electron chi connectivity index (χ3n) is 4.88. The summed E-state index contributed by atoms with van der Waals surface area (Å²) >= 11 is 0. The molecule has 22 heavy (non-hydrogen) atoms. The molecule has 3 aliphatic rings. The predicted molar refractivity (Wildman–Crippen MR) is 82.0 cm³/mol. The molecule has 0 radical (unpaired) electrons. The van der Waals surface area contributed by atoms with Gasteiger partial charge in [-0.2, -0.15) is 4.98 Å². The Bertz CT molecular complexity index is 575. The van der Waals surface area contributed by atoms with Gasteiger partial charge in [-0.05, 0) is 12.5 Å². The number of amides is 1. The van der Waals surface area contributed by atoms with Crippen molar-refractivity contribution in [3.05, 3.63) is 12.3 Å². The first-order chi connectivity index (χ1) is 10.7. The van der Waals surface area contributed by atoms with Crippen molar-refractivity contribution >= 4 is 17.7 Å². The fourth-order valence-electron chi connectivity index (χ4n) is 3.61. The topological polar surface area (TPSA) is 70.6 Å². The molecule has 7 nitrogen and oxygen atoms in total. The summed E-state index contributed by atoms with van der Waals surface area (Å²) in [5.41, 5.74) is 0.0788. The van der Waals surface area contributed by atoms with Crippen LogP contribution in [0.1, 0.15) is 12.8 Å². The summed E-state index contributed by atoms with van der Waals surface area (Å²) in [6, 6.07) is 1.96. The molecule has 0 bridgehead atoms. The largest absolute Gasteiger partial charge is 0.378 e. The highest BCUT2D eigenvalue weighted by molar-refractivity contribution is 5.79. The highest BCUT2D eigenvalue weighted by Gasteiger charge is 2.44. The summed E-state index contributed by atoms with van der Waals surface area (Å²) in [6.45, 7) is 5.81. The van der Waals surface area contributed by atoms with Crippen molar-refractivity contribution in [3.63, 3.8) is 0 Å². The van der Waals surface area contributed by atoms with Crippen LogP contribution < -0.4 is 15.1 Å². The van der Waals surface area contributed by atoms with Crippen LogP contribution in [0.5, 0.6) is 0 Å². The van der Waals surface area contributed by atoms with Gasteiger partial charge in [-0.3, -0.25) is 4.79 Å². The molecule has 1 spiro atoms. The van der Waals surface area contributed by atoms with Gasteiger partial charge in [-0.15, -0.1) is 0 Å². The fraction of sp³-hybridized carbons (Fsp3) is 0.667. The Morgan fingerprint density at radius 3 is 2.86 bits per heavy atom. The minimum atomic E-state index is 0.0788. The van der Waals surface area contributed by atoms with Crippen LogP contribution in [0.3, 0.4) is 0 Å². The van der Waals surface area contributed by atoms with Crippen molar-refractivity contribution in [2.75, 3.05) is 55.7 Å². The summed E-state index contributed by atoms with van der Waals surface area (Å²) in [7, 11) is 0. The zero-order valence-electron chi connectivity index (χ0n) is 12.6. The van der Waals surface area contributed by atoms with Gasteiger partial charge in [0, 0.05) is 50.8 Å². The van der Waals surface area contributed by atoms with Crippen LogP contribution in [0.4, 0.5) is 11.8 Å². The lowest BCUT2D eigenvalue weighted by Crippen LogP contribution is -2.37. The normalized spacial score (nSPS) is 28.5. The molecule has 4 rings (SSSR count). The smallest absolute Gasteiger partial charge is 0.227 e. The second kappa shape index (κ2) is 5.39. The number of carbonyl (C=O) groups excluding carboxylic acids is 1. The van der Waals surface area contributed by atoms with E-state index in [9.17, 15) is 4.79 Å². The number of aromatic nitrogens is 2. The van der Waals surface area contributed by atoms with E-state index in [-0.39, 0.29) is 11.3 Å². The number of anilines is 2. The Morgan fingerprint density at radius 1 is 1.23 bits per heavy atom. The van der Waals surface area contributed by atoms with E-state index >= 15 is 0 Å². The summed E-state index contributed by atoms with van der Waals surface area (Å²) in [5, 5.41) is 2.96. The zero-order chi connectivity index (χ0) is 15.0. The second-order valence-corrected chi connectivity index (χ2v) is 6.44. The molecule has 1 aromatic heterocycles. The number of nitrogens with zero attached hydrogens (tertiary/aromatic N) is 4. The molecular formula is C15H21N5O2. The average Bonchev–Trinajstić information content (AvgIpc) is 3.15. The lowest BCUT2D eigenvalue weighted by atomic mass is 9.86. The van der Waals surface area contributed by atoms with Crippen LogP contribution in [0.25, 0.3) is 0 Å². The number of nitrogens with one attached hydrogen (secondary N) is 1. The van der Waals surface area contributed by atoms with Crippen LogP contribution in [0.2, 0.25) is 0 Å². The first-order valence-electron chi connectivity index (χ1n) is 7.92. The van der Waals surface area contributed by atoms with E-state index in [1.54, 1.807) is 0 Å². The maximum atomic E-state index is 11.5. The Kier molecular flexibility index (Phi) is 3.37. The lowest BCUT2D eigenvalue weighted by Gasteiger charge is -2.28. The van der Waals surface area contributed by atoms with Crippen molar-refractivity contribution in [2.24, 2.45) is 5.41 Å². The lowest BCUT2D eigenvalue weighted by molar-refractivity contribution is -0.119. The zero-order valence-corrected chi connectivity index (χ0v) is 12.6. The predicted octanol–water partition coefficient (Wildman–Crippen LogP) is 0.0296. The average molecular weight is 303 g/mol. The molecule has 3 fully saturated rings. The molecule has 1 atom stereocenters. The third-order valence-corrected chi connectivity index (χ3v) is 4.88. The number of hydrogen-bond acceptors (Lipinski definition) is 6. The van der Waals surface area contributed by atoms with E-state index in [0.717, 1.165) is 64.1 Å². The maximum Gasteiger partial charge on any atom is 0.227 e. The quantitative estimate of drug-likeness (QED) is 0.831. The molecule has 3 saturated heterocycles. The number of carbonyl (C=O) groups is 1. The van der Waals surface area contributed by atoms with E-state index in [4.69, 9.17) is 9.72 Å². The Labute approximate surface area is 129 Å². The molecule has 118 valence electrons. The standard InChI is InChI=1S/C15H21N5O2/c21-13-9-15(10-17-13)2-4-20(11-15)14-16-3-1-12(18-14)19-5-7-22-8-6-19/h1,3H,2,4-11H2,(H,17,21). The van der Waals surface area contributed by atoms with Crippen molar-refractivity contribution in [1.82, 2.24) is 15.3 Å². The van der Waals surface area contributed by atoms with Gasteiger partial charge < -0.3 is 19.9 Å². The fourth-order valence-corrected chi connectivity index (χ4v) is 3.61. The molecule has 4 heterocycles. The Morgan fingerprint density at radius 2 is 2.09 bits per heavy atom.